The number of nitrogens with two attached hydrogens (primary N) is 1. The molecule has 5 fully saturated rings. The van der Waals surface area contributed by atoms with Crippen LogP contribution in [0, 0.1) is 62.1 Å². The van der Waals surface area contributed by atoms with Gasteiger partial charge in [-0.1, -0.05) is 76.2 Å². The zero-order valence-corrected chi connectivity index (χ0v) is 37.0. The summed E-state index contributed by atoms with van der Waals surface area (Å²) in [6, 6.07) is 3.25. The number of fused-ring (bicyclic) bond motifs is 7. The lowest BCUT2D eigenvalue weighted by atomic mass is 9.33. The lowest BCUT2D eigenvalue weighted by Crippen LogP contribution is -2.67. The van der Waals surface area contributed by atoms with Crippen LogP contribution in [0.5, 0.6) is 0 Å². The molecule has 6 aliphatic rings. The van der Waals surface area contributed by atoms with Crippen LogP contribution >= 0.6 is 0 Å². The summed E-state index contributed by atoms with van der Waals surface area (Å²) >= 11 is 0. The van der Waals surface area contributed by atoms with E-state index in [1.807, 2.05) is 27.7 Å². The highest BCUT2D eigenvalue weighted by Crippen LogP contribution is 2.76. The van der Waals surface area contributed by atoms with Gasteiger partial charge in [-0.05, 0) is 121 Å². The molecule has 10 nitrogen and oxygen atoms in total. The predicted octanol–water partition coefficient (Wildman–Crippen LogP) is 8.61. The van der Waals surface area contributed by atoms with Gasteiger partial charge in [-0.15, -0.1) is 0 Å². The molecule has 0 spiro atoms. The Labute approximate surface area is 346 Å². The zero-order chi connectivity index (χ0) is 42.6. The number of allylic oxidation sites excluding steroid dienone is 1. The Hall–Kier alpha value is -3.56. The van der Waals surface area contributed by atoms with E-state index in [4.69, 9.17) is 15.2 Å². The second kappa shape index (κ2) is 14.0. The first-order valence-electron chi connectivity index (χ1n) is 22.0. The molecule has 3 N–H and O–H groups in total. The van der Waals surface area contributed by atoms with E-state index in [9.17, 15) is 24.0 Å². The summed E-state index contributed by atoms with van der Waals surface area (Å²) < 4.78 is 11.7. The Morgan fingerprint density at radius 1 is 0.914 bits per heavy atom. The Morgan fingerprint density at radius 3 is 2.24 bits per heavy atom. The number of carbonyl (C=O) groups excluding carboxylic acids is 5. The molecule has 10 heteroatoms. The van der Waals surface area contributed by atoms with Gasteiger partial charge >= 0.3 is 5.97 Å². The number of hydrogen-bond acceptors (Lipinski definition) is 9. The summed E-state index contributed by atoms with van der Waals surface area (Å²) in [6.45, 7) is 24.5. The largest absolute Gasteiger partial charge is 0.464 e. The van der Waals surface area contributed by atoms with Gasteiger partial charge in [-0.2, -0.15) is 0 Å². The number of hydrogen-bond donors (Lipinski definition) is 2. The molecule has 5 saturated carbocycles. The number of ketones is 2. The molecular formula is C48H69N3O7. The third-order valence-corrected chi connectivity index (χ3v) is 18.0. The molecule has 0 radical (unpaired) electrons. The van der Waals surface area contributed by atoms with Crippen molar-refractivity contribution >= 4 is 35.7 Å². The van der Waals surface area contributed by atoms with Crippen molar-refractivity contribution in [3.63, 3.8) is 0 Å². The van der Waals surface area contributed by atoms with E-state index in [2.05, 4.69) is 58.8 Å². The predicted molar refractivity (Wildman–Crippen MR) is 222 cm³/mol. The van der Waals surface area contributed by atoms with Crippen LogP contribution in [-0.4, -0.2) is 52.6 Å². The maximum absolute atomic E-state index is 14.4. The van der Waals surface area contributed by atoms with Crippen molar-refractivity contribution in [1.82, 2.24) is 10.3 Å². The first-order chi connectivity index (χ1) is 26.9. The summed E-state index contributed by atoms with van der Waals surface area (Å²) in [7, 11) is 0. The van der Waals surface area contributed by atoms with Gasteiger partial charge in [0.1, 0.15) is 18.0 Å². The van der Waals surface area contributed by atoms with E-state index in [1.165, 1.54) is 11.8 Å². The number of aromatic nitrogens is 1. The highest BCUT2D eigenvalue weighted by atomic mass is 16.6. The van der Waals surface area contributed by atoms with Gasteiger partial charge in [0, 0.05) is 35.4 Å². The Kier molecular flexibility index (Phi) is 10.3. The molecule has 10 atom stereocenters. The highest BCUT2D eigenvalue weighted by molar-refractivity contribution is 6.03. The molecule has 6 aliphatic carbocycles. The van der Waals surface area contributed by atoms with Crippen LogP contribution in [0.3, 0.4) is 0 Å². The van der Waals surface area contributed by atoms with Crippen molar-refractivity contribution in [3.05, 3.63) is 35.0 Å². The third-order valence-electron chi connectivity index (χ3n) is 18.0. The van der Waals surface area contributed by atoms with E-state index in [0.29, 0.717) is 42.5 Å². The fourth-order valence-corrected chi connectivity index (χ4v) is 14.3. The van der Waals surface area contributed by atoms with Crippen LogP contribution in [0.15, 0.2) is 29.5 Å². The van der Waals surface area contributed by atoms with Gasteiger partial charge in [0.25, 0.3) is 6.47 Å². The molecule has 7 rings (SSSR count). The molecule has 0 bridgehead atoms. The van der Waals surface area contributed by atoms with Crippen molar-refractivity contribution in [3.8, 4) is 0 Å². The van der Waals surface area contributed by atoms with E-state index < -0.39 is 16.4 Å². The minimum atomic E-state index is -1.01. The Bertz CT molecular complexity index is 1910. The first-order valence-corrected chi connectivity index (χ1v) is 22.0. The zero-order valence-electron chi connectivity index (χ0n) is 37.0. The minimum absolute atomic E-state index is 0.00000702. The molecule has 1 aromatic heterocycles. The fourth-order valence-electron chi connectivity index (χ4n) is 14.3. The quantitative estimate of drug-likeness (QED) is 0.135. The highest BCUT2D eigenvalue weighted by Gasteiger charge is 2.70. The van der Waals surface area contributed by atoms with Crippen LogP contribution in [0.2, 0.25) is 0 Å². The van der Waals surface area contributed by atoms with Crippen molar-refractivity contribution in [1.29, 1.82) is 0 Å². The van der Waals surface area contributed by atoms with Crippen LogP contribution in [0.1, 0.15) is 157 Å². The van der Waals surface area contributed by atoms with Gasteiger partial charge in [0.15, 0.2) is 11.6 Å². The molecule has 0 aromatic carbocycles. The molecule has 58 heavy (non-hydrogen) atoms. The number of nitrogen functional groups attached to an aromatic ring is 1. The average molecular weight is 800 g/mol. The van der Waals surface area contributed by atoms with Gasteiger partial charge in [0.05, 0.1) is 16.9 Å². The maximum Gasteiger partial charge on any atom is 0.310 e. The van der Waals surface area contributed by atoms with E-state index in [-0.39, 0.29) is 87.9 Å². The van der Waals surface area contributed by atoms with Gasteiger partial charge in [0.2, 0.25) is 5.91 Å². The van der Waals surface area contributed by atoms with Gasteiger partial charge < -0.3 is 20.5 Å². The number of anilines is 1. The van der Waals surface area contributed by atoms with Crippen molar-refractivity contribution in [2.45, 2.75) is 165 Å². The number of pyridine rings is 1. The number of nitrogens with one attached hydrogen (secondary N) is 1. The fraction of sp³-hybridized carbons (Fsp3) is 0.750. The van der Waals surface area contributed by atoms with Crippen LogP contribution in [0.25, 0.3) is 0 Å². The molecule has 1 heterocycles. The Balaban J connectivity index is 1.13. The lowest BCUT2D eigenvalue weighted by Gasteiger charge is -2.72. The Morgan fingerprint density at radius 2 is 1.62 bits per heavy atom. The van der Waals surface area contributed by atoms with E-state index >= 15 is 0 Å². The number of rotatable bonds is 10. The SMILES string of the molecule is CC(C)C1=C2[C@H]3CC[C@@H]4[C@@]5(C)CC[C@H](OC(=O)[C@H]6C[C@@H](OC=O)C6(C)C)C(C)(C)[C@@H]5CC[C@@]4(C)[C@]3(C)CC[C@@]2(NC(=O)C(C)(C)CC(=O)c2ccc(N)nc2)CC1=O. The summed E-state index contributed by atoms with van der Waals surface area (Å²) in [5.41, 5.74) is 5.76. The number of nitrogens with zero attached hydrogens (tertiary/aromatic N) is 1. The number of amides is 1. The van der Waals surface area contributed by atoms with Crippen LogP contribution in [-0.2, 0) is 28.7 Å². The van der Waals surface area contributed by atoms with Gasteiger partial charge in [-0.25, -0.2) is 4.98 Å². The lowest BCUT2D eigenvalue weighted by molar-refractivity contribution is -0.236. The van der Waals surface area contributed by atoms with Crippen molar-refractivity contribution in [2.75, 3.05) is 5.73 Å². The summed E-state index contributed by atoms with van der Waals surface area (Å²) in [5.74, 6) is 0.660. The van der Waals surface area contributed by atoms with Gasteiger partial charge in [-0.3, -0.25) is 24.0 Å². The summed E-state index contributed by atoms with van der Waals surface area (Å²) in [4.78, 5) is 70.7. The van der Waals surface area contributed by atoms with E-state index in [1.54, 1.807) is 12.1 Å². The van der Waals surface area contributed by atoms with Crippen molar-refractivity contribution < 1.29 is 33.4 Å². The second-order valence-corrected chi connectivity index (χ2v) is 22.3. The molecule has 318 valence electrons. The average Bonchev–Trinajstić information content (AvgIpc) is 3.43. The first kappa shape index (κ1) is 42.6. The summed E-state index contributed by atoms with van der Waals surface area (Å²) in [6.07, 6.45) is 9.31. The molecule has 0 saturated heterocycles. The molecule has 1 aromatic rings. The summed E-state index contributed by atoms with van der Waals surface area (Å²) in [5, 5.41) is 3.50. The third kappa shape index (κ3) is 6.21. The number of ether oxygens (including phenoxy) is 2. The normalized spacial score (nSPS) is 38.7. The molecular weight excluding hydrogens is 731 g/mol. The number of Topliss-reactive ketones (excluding diaryl/α,β-unsaturated/α-hetero) is 2. The monoisotopic (exact) mass is 800 g/mol. The van der Waals surface area contributed by atoms with Crippen LogP contribution in [0.4, 0.5) is 5.82 Å². The number of carbonyl (C=O) groups is 5. The maximum atomic E-state index is 14.4. The smallest absolute Gasteiger partial charge is 0.310 e. The molecule has 1 amide bonds. The standard InChI is InChI=1S/C48H69N3O7/c1-27(2)38-32(54)24-48(51-41(56)42(3,4)23-31(53)28-12-15-37(49)50-25-28)21-20-46(10)29(39(38)48)13-14-34-45(9)18-17-35(44(7,8)33(45)16-19-47(34,46)11)58-40(55)30-22-36(57-26-52)43(30,5)6/h12,15,25-27,29-30,33-36H,13-14,16-24H2,1-11H3,(H2,49,50)(H,51,56)/t29-,30-,33+,34-,35+,36-,45+,46-,47-,48-/m1/s1. The topological polar surface area (TPSA) is 155 Å². The second-order valence-electron chi connectivity index (χ2n) is 22.3. The molecule has 0 aliphatic heterocycles. The van der Waals surface area contributed by atoms with Crippen LogP contribution < -0.4 is 11.1 Å². The number of esters is 1. The minimum Gasteiger partial charge on any atom is -0.464 e. The van der Waals surface area contributed by atoms with E-state index in [0.717, 1.165) is 50.5 Å². The molecule has 0 unspecified atom stereocenters. The van der Waals surface area contributed by atoms with Crippen molar-refractivity contribution in [2.24, 2.45) is 62.1 Å².